The molecule has 5 heteroatoms. The minimum Gasteiger partial charge on any atom is -0.493 e. The molecule has 4 rings (SSSR count). The standard InChI is InChI=1S/C23H25N3O2/c1-15(13-26(2)3)14-28-18-8-9-21-17(10-18)12-22(24-21)19-11-16-6-4-5-7-20(16)25-23(19)27/h4-12,15,24H,13-14H2,1-3H3,(H,25,27). The first-order valence-electron chi connectivity index (χ1n) is 9.52. The van der Waals surface area contributed by atoms with Crippen LogP contribution in [-0.2, 0) is 0 Å². The van der Waals surface area contributed by atoms with Crippen LogP contribution < -0.4 is 10.3 Å². The maximum Gasteiger partial charge on any atom is 0.257 e. The minimum absolute atomic E-state index is 0.0979. The van der Waals surface area contributed by atoms with E-state index < -0.39 is 0 Å². The van der Waals surface area contributed by atoms with Gasteiger partial charge in [-0.1, -0.05) is 25.1 Å². The molecule has 0 aliphatic carbocycles. The number of nitrogens with zero attached hydrogens (tertiary/aromatic N) is 1. The Morgan fingerprint density at radius 1 is 0.964 bits per heavy atom. The van der Waals surface area contributed by atoms with Gasteiger partial charge >= 0.3 is 0 Å². The fourth-order valence-electron chi connectivity index (χ4n) is 3.61. The third-order valence-electron chi connectivity index (χ3n) is 4.85. The molecule has 1 unspecified atom stereocenters. The minimum atomic E-state index is -0.0979. The number of hydrogen-bond donors (Lipinski definition) is 2. The van der Waals surface area contributed by atoms with E-state index in [1.807, 2.05) is 54.6 Å². The zero-order valence-electron chi connectivity index (χ0n) is 16.5. The zero-order chi connectivity index (χ0) is 19.7. The summed E-state index contributed by atoms with van der Waals surface area (Å²) in [6, 6.07) is 17.7. The fourth-order valence-corrected chi connectivity index (χ4v) is 3.61. The van der Waals surface area contributed by atoms with Gasteiger partial charge in [-0.3, -0.25) is 4.79 Å². The van der Waals surface area contributed by atoms with Crippen molar-refractivity contribution in [3.63, 3.8) is 0 Å². The largest absolute Gasteiger partial charge is 0.493 e. The predicted octanol–water partition coefficient (Wildman–Crippen LogP) is 4.25. The summed E-state index contributed by atoms with van der Waals surface area (Å²) in [5.41, 5.74) is 3.17. The van der Waals surface area contributed by atoms with Crippen LogP contribution in [0.3, 0.4) is 0 Å². The summed E-state index contributed by atoms with van der Waals surface area (Å²) in [5.74, 6) is 1.29. The molecule has 2 aromatic heterocycles. The molecule has 0 radical (unpaired) electrons. The highest BCUT2D eigenvalue weighted by Gasteiger charge is 2.10. The van der Waals surface area contributed by atoms with Crippen molar-refractivity contribution in [3.05, 3.63) is 65.0 Å². The van der Waals surface area contributed by atoms with Crippen molar-refractivity contribution in [2.75, 3.05) is 27.2 Å². The Morgan fingerprint density at radius 2 is 1.75 bits per heavy atom. The van der Waals surface area contributed by atoms with E-state index in [-0.39, 0.29) is 5.56 Å². The average molecular weight is 375 g/mol. The Balaban J connectivity index is 1.62. The summed E-state index contributed by atoms with van der Waals surface area (Å²) >= 11 is 0. The van der Waals surface area contributed by atoms with Crippen LogP contribution in [0.25, 0.3) is 33.1 Å². The van der Waals surface area contributed by atoms with Gasteiger partial charge in [0.15, 0.2) is 0 Å². The number of rotatable bonds is 6. The SMILES string of the molecule is CC(COc1ccc2[nH]c(-c3cc4ccccc4[nH]c3=O)cc2c1)CN(C)C. The van der Waals surface area contributed by atoms with E-state index in [1.165, 1.54) is 0 Å². The van der Waals surface area contributed by atoms with Crippen molar-refractivity contribution >= 4 is 21.8 Å². The second-order valence-electron chi connectivity index (χ2n) is 7.71. The van der Waals surface area contributed by atoms with Gasteiger partial charge in [-0.15, -0.1) is 0 Å². The predicted molar refractivity (Wildman–Crippen MR) is 115 cm³/mol. The van der Waals surface area contributed by atoms with Gasteiger partial charge in [-0.2, -0.15) is 0 Å². The van der Waals surface area contributed by atoms with Crippen LogP contribution >= 0.6 is 0 Å². The summed E-state index contributed by atoms with van der Waals surface area (Å²) in [7, 11) is 4.14. The molecule has 0 fully saturated rings. The first-order valence-corrected chi connectivity index (χ1v) is 9.52. The van der Waals surface area contributed by atoms with Crippen molar-refractivity contribution < 1.29 is 4.74 Å². The van der Waals surface area contributed by atoms with Crippen LogP contribution in [0.2, 0.25) is 0 Å². The number of fused-ring (bicyclic) bond motifs is 2. The molecule has 5 nitrogen and oxygen atoms in total. The van der Waals surface area contributed by atoms with E-state index in [9.17, 15) is 4.79 Å². The number of aromatic amines is 2. The Hall–Kier alpha value is -3.05. The third-order valence-corrected chi connectivity index (χ3v) is 4.85. The van der Waals surface area contributed by atoms with Crippen LogP contribution in [-0.4, -0.2) is 42.1 Å². The Morgan fingerprint density at radius 3 is 2.57 bits per heavy atom. The molecule has 0 amide bonds. The summed E-state index contributed by atoms with van der Waals surface area (Å²) in [4.78, 5) is 21.0. The van der Waals surface area contributed by atoms with Crippen molar-refractivity contribution in [1.29, 1.82) is 0 Å². The molecule has 0 saturated carbocycles. The number of hydrogen-bond acceptors (Lipinski definition) is 3. The van der Waals surface area contributed by atoms with Gasteiger partial charge in [0.25, 0.3) is 5.56 Å². The Bertz CT molecular complexity index is 1170. The number of para-hydroxylation sites is 1. The van der Waals surface area contributed by atoms with E-state index >= 15 is 0 Å². The first kappa shape index (κ1) is 18.3. The molecule has 0 bridgehead atoms. The molecule has 144 valence electrons. The maximum absolute atomic E-state index is 12.5. The molecule has 0 aliphatic rings. The average Bonchev–Trinajstić information content (AvgIpc) is 3.08. The number of nitrogens with one attached hydrogen (secondary N) is 2. The van der Waals surface area contributed by atoms with Gasteiger partial charge < -0.3 is 19.6 Å². The summed E-state index contributed by atoms with van der Waals surface area (Å²) < 4.78 is 5.96. The monoisotopic (exact) mass is 375 g/mol. The molecular formula is C23H25N3O2. The highest BCUT2D eigenvalue weighted by Crippen LogP contribution is 2.27. The van der Waals surface area contributed by atoms with E-state index in [2.05, 4.69) is 35.9 Å². The molecule has 2 heterocycles. The van der Waals surface area contributed by atoms with E-state index in [0.29, 0.717) is 18.1 Å². The summed E-state index contributed by atoms with van der Waals surface area (Å²) in [6.07, 6.45) is 0. The first-order chi connectivity index (χ1) is 13.5. The molecule has 2 aromatic carbocycles. The molecule has 28 heavy (non-hydrogen) atoms. The second kappa shape index (κ2) is 7.52. The van der Waals surface area contributed by atoms with E-state index in [0.717, 1.165) is 39.8 Å². The van der Waals surface area contributed by atoms with Crippen LogP contribution in [0.1, 0.15) is 6.92 Å². The quantitative estimate of drug-likeness (QED) is 0.529. The number of H-pyrrole nitrogens is 2. The van der Waals surface area contributed by atoms with Gasteiger partial charge in [0.1, 0.15) is 5.75 Å². The Kier molecular flexibility index (Phi) is 4.92. The van der Waals surface area contributed by atoms with Crippen molar-refractivity contribution in [2.45, 2.75) is 6.92 Å². The van der Waals surface area contributed by atoms with Gasteiger partial charge in [0, 0.05) is 28.9 Å². The molecule has 0 aliphatic heterocycles. The normalized spacial score (nSPS) is 12.7. The molecule has 0 spiro atoms. The number of pyridine rings is 1. The lowest BCUT2D eigenvalue weighted by atomic mass is 10.1. The van der Waals surface area contributed by atoms with Crippen molar-refractivity contribution in [1.82, 2.24) is 14.9 Å². The molecular weight excluding hydrogens is 350 g/mol. The van der Waals surface area contributed by atoms with Gasteiger partial charge in [-0.05, 0) is 55.9 Å². The van der Waals surface area contributed by atoms with Crippen LogP contribution in [0.5, 0.6) is 5.75 Å². The van der Waals surface area contributed by atoms with Gasteiger partial charge in [0.05, 0.1) is 17.9 Å². The van der Waals surface area contributed by atoms with Gasteiger partial charge in [-0.25, -0.2) is 0 Å². The maximum atomic E-state index is 12.5. The van der Waals surface area contributed by atoms with Crippen LogP contribution in [0.4, 0.5) is 0 Å². The molecule has 1 atom stereocenters. The lowest BCUT2D eigenvalue weighted by Crippen LogP contribution is -2.24. The smallest absolute Gasteiger partial charge is 0.257 e. The molecule has 2 N–H and O–H groups in total. The van der Waals surface area contributed by atoms with E-state index in [4.69, 9.17) is 4.74 Å². The third kappa shape index (κ3) is 3.80. The molecule has 4 aromatic rings. The second-order valence-corrected chi connectivity index (χ2v) is 7.71. The lowest BCUT2D eigenvalue weighted by molar-refractivity contribution is 0.222. The number of benzene rings is 2. The highest BCUT2D eigenvalue weighted by atomic mass is 16.5. The number of ether oxygens (including phenoxy) is 1. The highest BCUT2D eigenvalue weighted by molar-refractivity contribution is 5.89. The van der Waals surface area contributed by atoms with E-state index in [1.54, 1.807) is 0 Å². The molecule has 0 saturated heterocycles. The van der Waals surface area contributed by atoms with Crippen molar-refractivity contribution in [2.24, 2.45) is 5.92 Å². The summed E-state index contributed by atoms with van der Waals surface area (Å²) in [5, 5.41) is 2.04. The number of aromatic nitrogens is 2. The van der Waals surface area contributed by atoms with Crippen LogP contribution in [0.15, 0.2) is 59.4 Å². The zero-order valence-corrected chi connectivity index (χ0v) is 16.5. The lowest BCUT2D eigenvalue weighted by Gasteiger charge is -2.17. The summed E-state index contributed by atoms with van der Waals surface area (Å²) in [6.45, 7) is 3.84. The van der Waals surface area contributed by atoms with Gasteiger partial charge in [0.2, 0.25) is 0 Å². The van der Waals surface area contributed by atoms with Crippen molar-refractivity contribution in [3.8, 4) is 17.0 Å². The van der Waals surface area contributed by atoms with Crippen LogP contribution in [0, 0.1) is 5.92 Å². The topological polar surface area (TPSA) is 61.1 Å². The Labute approximate surface area is 164 Å². The fraction of sp³-hybridized carbons (Fsp3) is 0.261.